The van der Waals surface area contributed by atoms with Gasteiger partial charge in [-0.2, -0.15) is 0 Å². The van der Waals surface area contributed by atoms with Crippen LogP contribution in [0.4, 0.5) is 0 Å². The first-order chi connectivity index (χ1) is 12.5. The van der Waals surface area contributed by atoms with Crippen LogP contribution in [-0.4, -0.2) is 14.3 Å². The van der Waals surface area contributed by atoms with Crippen molar-refractivity contribution in [3.05, 3.63) is 89.9 Å². The minimum absolute atomic E-state index is 0.107. The molecule has 134 valence electrons. The molecule has 7 heteroatoms. The van der Waals surface area contributed by atoms with Crippen molar-refractivity contribution in [3.63, 3.8) is 0 Å². The number of hydrogen-bond acceptors (Lipinski definition) is 4. The number of benzene rings is 2. The zero-order chi connectivity index (χ0) is 18.4. The highest BCUT2D eigenvalue weighted by Gasteiger charge is 2.15. The molecular weight excluding hydrogens is 352 g/mol. The summed E-state index contributed by atoms with van der Waals surface area (Å²) < 4.78 is 32.4. The number of carbonyl (C=O) groups excluding carboxylic acids is 1. The molecular formula is C19H18N2O4S. The van der Waals surface area contributed by atoms with E-state index in [1.165, 1.54) is 30.5 Å². The summed E-state index contributed by atoms with van der Waals surface area (Å²) in [5, 5.41) is 2.71. The van der Waals surface area contributed by atoms with Crippen LogP contribution in [0.1, 0.15) is 21.7 Å². The number of nitrogens with one attached hydrogen (secondary N) is 2. The molecule has 1 heterocycles. The first kappa shape index (κ1) is 17.9. The van der Waals surface area contributed by atoms with Gasteiger partial charge in [0.25, 0.3) is 5.91 Å². The highest BCUT2D eigenvalue weighted by Crippen LogP contribution is 2.12. The topological polar surface area (TPSA) is 88.4 Å². The van der Waals surface area contributed by atoms with Gasteiger partial charge in [-0.15, -0.1) is 0 Å². The Bertz CT molecular complexity index is 951. The van der Waals surface area contributed by atoms with E-state index in [1.54, 1.807) is 12.1 Å². The first-order valence-electron chi connectivity index (χ1n) is 7.99. The Hall–Kier alpha value is -2.90. The van der Waals surface area contributed by atoms with Crippen LogP contribution in [0, 0.1) is 0 Å². The molecule has 0 aliphatic carbocycles. The lowest BCUT2D eigenvalue weighted by Gasteiger charge is -2.08. The molecule has 1 amide bonds. The van der Waals surface area contributed by atoms with Crippen LogP contribution in [0.25, 0.3) is 0 Å². The minimum atomic E-state index is -3.65. The SMILES string of the molecule is O=C(NCc1ccco1)c1ccc(S(=O)(=O)NCc2ccccc2)cc1. The van der Waals surface area contributed by atoms with Gasteiger partial charge in [-0.3, -0.25) is 4.79 Å². The highest BCUT2D eigenvalue weighted by atomic mass is 32.2. The lowest BCUT2D eigenvalue weighted by Crippen LogP contribution is -2.24. The molecule has 0 saturated heterocycles. The third-order valence-corrected chi connectivity index (χ3v) is 5.16. The maximum Gasteiger partial charge on any atom is 0.251 e. The summed E-state index contributed by atoms with van der Waals surface area (Å²) in [6.07, 6.45) is 1.53. The summed E-state index contributed by atoms with van der Waals surface area (Å²) >= 11 is 0. The van der Waals surface area contributed by atoms with E-state index in [4.69, 9.17) is 4.42 Å². The van der Waals surface area contributed by atoms with Gasteiger partial charge >= 0.3 is 0 Å². The van der Waals surface area contributed by atoms with Gasteiger partial charge < -0.3 is 9.73 Å². The van der Waals surface area contributed by atoms with Crippen molar-refractivity contribution in [3.8, 4) is 0 Å². The monoisotopic (exact) mass is 370 g/mol. The Kier molecular flexibility index (Phi) is 5.50. The molecule has 2 aromatic carbocycles. The van der Waals surface area contributed by atoms with Gasteiger partial charge in [0.1, 0.15) is 5.76 Å². The number of amides is 1. The molecule has 0 unspecified atom stereocenters. The molecule has 3 aromatic rings. The van der Waals surface area contributed by atoms with E-state index in [1.807, 2.05) is 30.3 Å². The van der Waals surface area contributed by atoms with E-state index >= 15 is 0 Å². The number of rotatable bonds is 7. The molecule has 0 aliphatic heterocycles. The second-order valence-corrected chi connectivity index (χ2v) is 7.36. The predicted molar refractivity (Wildman–Crippen MR) is 96.8 cm³/mol. The van der Waals surface area contributed by atoms with Crippen molar-refractivity contribution < 1.29 is 17.6 Å². The second kappa shape index (κ2) is 7.99. The van der Waals surface area contributed by atoms with E-state index in [0.29, 0.717) is 11.3 Å². The smallest absolute Gasteiger partial charge is 0.251 e. The second-order valence-electron chi connectivity index (χ2n) is 5.60. The molecule has 2 N–H and O–H groups in total. The van der Waals surface area contributed by atoms with Gasteiger partial charge in [-0.1, -0.05) is 30.3 Å². The van der Waals surface area contributed by atoms with Gasteiger partial charge in [0, 0.05) is 12.1 Å². The van der Waals surface area contributed by atoms with Crippen LogP contribution in [0.2, 0.25) is 0 Å². The molecule has 0 bridgehead atoms. The Morgan fingerprint density at radius 1 is 0.885 bits per heavy atom. The molecule has 0 aliphatic rings. The molecule has 0 spiro atoms. The summed E-state index contributed by atoms with van der Waals surface area (Å²) in [4.78, 5) is 12.2. The van der Waals surface area contributed by atoms with Gasteiger partial charge in [-0.05, 0) is 42.0 Å². The molecule has 1 aromatic heterocycles. The zero-order valence-electron chi connectivity index (χ0n) is 13.9. The van der Waals surface area contributed by atoms with Gasteiger partial charge in [0.05, 0.1) is 17.7 Å². The summed E-state index contributed by atoms with van der Waals surface area (Å²) in [6, 6.07) is 18.5. The number of furan rings is 1. The molecule has 0 radical (unpaired) electrons. The number of carbonyl (C=O) groups is 1. The highest BCUT2D eigenvalue weighted by molar-refractivity contribution is 7.89. The Labute approximate surface area is 151 Å². The molecule has 3 rings (SSSR count). The van der Waals surface area contributed by atoms with Gasteiger partial charge in [0.15, 0.2) is 0 Å². The fourth-order valence-corrected chi connectivity index (χ4v) is 3.34. The van der Waals surface area contributed by atoms with Crippen LogP contribution in [0.15, 0.2) is 82.3 Å². The van der Waals surface area contributed by atoms with Crippen molar-refractivity contribution in [1.29, 1.82) is 0 Å². The van der Waals surface area contributed by atoms with Crippen molar-refractivity contribution >= 4 is 15.9 Å². The minimum Gasteiger partial charge on any atom is -0.467 e. The fraction of sp³-hybridized carbons (Fsp3) is 0.105. The van der Waals surface area contributed by atoms with Crippen molar-refractivity contribution in [2.24, 2.45) is 0 Å². The summed E-state index contributed by atoms with van der Waals surface area (Å²) in [5.74, 6) is 0.338. The Morgan fingerprint density at radius 3 is 2.27 bits per heavy atom. The molecule has 0 saturated carbocycles. The average molecular weight is 370 g/mol. The zero-order valence-corrected chi connectivity index (χ0v) is 14.7. The van der Waals surface area contributed by atoms with Gasteiger partial charge in [-0.25, -0.2) is 13.1 Å². The third kappa shape index (κ3) is 4.59. The molecule has 0 fully saturated rings. The predicted octanol–water partition coefficient (Wildman–Crippen LogP) is 2.69. The van der Waals surface area contributed by atoms with E-state index in [9.17, 15) is 13.2 Å². The Balaban J connectivity index is 1.61. The normalized spacial score (nSPS) is 11.2. The van der Waals surface area contributed by atoms with E-state index in [-0.39, 0.29) is 23.9 Å². The lowest BCUT2D eigenvalue weighted by molar-refractivity contribution is 0.0948. The van der Waals surface area contributed by atoms with Crippen LogP contribution in [-0.2, 0) is 23.1 Å². The molecule has 26 heavy (non-hydrogen) atoms. The van der Waals surface area contributed by atoms with Crippen LogP contribution < -0.4 is 10.0 Å². The molecule has 6 nitrogen and oxygen atoms in total. The lowest BCUT2D eigenvalue weighted by atomic mass is 10.2. The maximum absolute atomic E-state index is 12.3. The molecule has 0 atom stereocenters. The first-order valence-corrected chi connectivity index (χ1v) is 9.47. The summed E-state index contributed by atoms with van der Waals surface area (Å²) in [7, 11) is -3.65. The Morgan fingerprint density at radius 2 is 1.62 bits per heavy atom. The van der Waals surface area contributed by atoms with E-state index in [2.05, 4.69) is 10.0 Å². The summed E-state index contributed by atoms with van der Waals surface area (Å²) in [6.45, 7) is 0.471. The number of sulfonamides is 1. The summed E-state index contributed by atoms with van der Waals surface area (Å²) in [5.41, 5.74) is 1.24. The number of hydrogen-bond donors (Lipinski definition) is 2. The average Bonchev–Trinajstić information content (AvgIpc) is 3.19. The maximum atomic E-state index is 12.3. The largest absolute Gasteiger partial charge is 0.467 e. The van der Waals surface area contributed by atoms with Crippen molar-refractivity contribution in [1.82, 2.24) is 10.0 Å². The van der Waals surface area contributed by atoms with Crippen LogP contribution in [0.3, 0.4) is 0 Å². The van der Waals surface area contributed by atoms with E-state index in [0.717, 1.165) is 5.56 Å². The van der Waals surface area contributed by atoms with Crippen LogP contribution >= 0.6 is 0 Å². The standard InChI is InChI=1S/C19H18N2O4S/c22-19(20-14-17-7-4-12-25-17)16-8-10-18(11-9-16)26(23,24)21-13-15-5-2-1-3-6-15/h1-12,21H,13-14H2,(H,20,22). The van der Waals surface area contributed by atoms with Gasteiger partial charge in [0.2, 0.25) is 10.0 Å². The van der Waals surface area contributed by atoms with Crippen molar-refractivity contribution in [2.45, 2.75) is 18.0 Å². The van der Waals surface area contributed by atoms with Crippen LogP contribution in [0.5, 0.6) is 0 Å². The van der Waals surface area contributed by atoms with Crippen molar-refractivity contribution in [2.75, 3.05) is 0 Å². The fourth-order valence-electron chi connectivity index (χ4n) is 2.33. The quantitative estimate of drug-likeness (QED) is 0.669. The third-order valence-electron chi connectivity index (χ3n) is 3.74. The van der Waals surface area contributed by atoms with E-state index < -0.39 is 10.0 Å².